The minimum Gasteiger partial charge on any atom is -0.267 e. The molecule has 0 aromatic heterocycles. The summed E-state index contributed by atoms with van der Waals surface area (Å²) in [6.07, 6.45) is 2.00. The number of carbonyl (C=O) groups is 1. The van der Waals surface area contributed by atoms with Crippen LogP contribution in [-0.2, 0) is 10.8 Å². The van der Waals surface area contributed by atoms with Crippen LogP contribution in [0.15, 0.2) is 18.2 Å². The van der Waals surface area contributed by atoms with Gasteiger partial charge in [-0.2, -0.15) is 0 Å². The SMILES string of the molecule is CCC(C)(C)c1ccc(C([NH])=O)c(C(C)(C)CC)c1. The lowest BCUT2D eigenvalue weighted by atomic mass is 9.75. The van der Waals surface area contributed by atoms with Gasteiger partial charge in [0, 0.05) is 5.56 Å². The van der Waals surface area contributed by atoms with Crippen LogP contribution in [0.5, 0.6) is 0 Å². The summed E-state index contributed by atoms with van der Waals surface area (Å²) in [5.74, 6) is -0.586. The summed E-state index contributed by atoms with van der Waals surface area (Å²) in [5, 5.41) is 0. The molecule has 0 saturated carbocycles. The minimum atomic E-state index is -0.586. The Hall–Kier alpha value is -1.31. The monoisotopic (exact) mass is 260 g/mol. The summed E-state index contributed by atoms with van der Waals surface area (Å²) < 4.78 is 0. The smallest absolute Gasteiger partial charge is 0.267 e. The highest BCUT2D eigenvalue weighted by Gasteiger charge is 2.27. The summed E-state index contributed by atoms with van der Waals surface area (Å²) in [7, 11) is 0. The molecule has 0 aliphatic heterocycles. The van der Waals surface area contributed by atoms with Gasteiger partial charge in [0.1, 0.15) is 0 Å². The lowest BCUT2D eigenvalue weighted by molar-refractivity contribution is 0.0989. The maximum Gasteiger partial charge on any atom is 0.269 e. The number of benzene rings is 1. The molecule has 1 rings (SSSR count). The van der Waals surface area contributed by atoms with Gasteiger partial charge < -0.3 is 0 Å². The quantitative estimate of drug-likeness (QED) is 0.769. The highest BCUT2D eigenvalue weighted by atomic mass is 16.1. The van der Waals surface area contributed by atoms with Gasteiger partial charge in [0.05, 0.1) is 0 Å². The van der Waals surface area contributed by atoms with E-state index in [-0.39, 0.29) is 10.8 Å². The van der Waals surface area contributed by atoms with Gasteiger partial charge in [-0.3, -0.25) is 10.5 Å². The topological polar surface area (TPSA) is 40.9 Å². The fraction of sp³-hybridized carbons (Fsp3) is 0.588. The summed E-state index contributed by atoms with van der Waals surface area (Å²) in [6, 6.07) is 5.96. The molecule has 1 aromatic carbocycles. The molecule has 1 amide bonds. The molecule has 0 saturated heterocycles. The Morgan fingerprint density at radius 1 is 1.05 bits per heavy atom. The number of hydrogen-bond acceptors (Lipinski definition) is 1. The van der Waals surface area contributed by atoms with Crippen molar-refractivity contribution < 1.29 is 4.79 Å². The van der Waals surface area contributed by atoms with Gasteiger partial charge in [-0.1, -0.05) is 53.7 Å². The second-order valence-corrected chi connectivity index (χ2v) is 6.56. The van der Waals surface area contributed by atoms with E-state index in [1.165, 1.54) is 5.56 Å². The van der Waals surface area contributed by atoms with Crippen LogP contribution in [0.4, 0.5) is 0 Å². The van der Waals surface area contributed by atoms with E-state index in [0.717, 1.165) is 18.4 Å². The van der Waals surface area contributed by atoms with Crippen LogP contribution in [0.25, 0.3) is 0 Å². The maximum absolute atomic E-state index is 11.5. The first-order valence-corrected chi connectivity index (χ1v) is 7.06. The van der Waals surface area contributed by atoms with Crippen LogP contribution in [-0.4, -0.2) is 5.91 Å². The number of amides is 1. The number of rotatable bonds is 5. The van der Waals surface area contributed by atoms with Crippen LogP contribution in [0.1, 0.15) is 75.9 Å². The first-order chi connectivity index (χ1) is 8.65. The molecular formula is C17H26NO. The van der Waals surface area contributed by atoms with E-state index in [0.29, 0.717) is 5.56 Å². The van der Waals surface area contributed by atoms with Crippen molar-refractivity contribution in [3.8, 4) is 0 Å². The van der Waals surface area contributed by atoms with E-state index < -0.39 is 5.91 Å². The van der Waals surface area contributed by atoms with Gasteiger partial charge in [-0.25, -0.2) is 0 Å². The van der Waals surface area contributed by atoms with Crippen molar-refractivity contribution in [2.24, 2.45) is 0 Å². The van der Waals surface area contributed by atoms with Crippen molar-refractivity contribution in [2.75, 3.05) is 0 Å². The number of carbonyl (C=O) groups excluding carboxylic acids is 1. The molecule has 0 bridgehead atoms. The summed E-state index contributed by atoms with van der Waals surface area (Å²) >= 11 is 0. The molecule has 105 valence electrons. The molecule has 2 nitrogen and oxygen atoms in total. The van der Waals surface area contributed by atoms with Gasteiger partial charge >= 0.3 is 0 Å². The van der Waals surface area contributed by atoms with Crippen molar-refractivity contribution >= 4 is 5.91 Å². The number of hydrogen-bond donors (Lipinski definition) is 0. The van der Waals surface area contributed by atoms with Crippen LogP contribution < -0.4 is 5.73 Å². The van der Waals surface area contributed by atoms with E-state index in [2.05, 4.69) is 47.6 Å². The van der Waals surface area contributed by atoms with Gasteiger partial charge in [0.25, 0.3) is 5.91 Å². The molecule has 1 N–H and O–H groups in total. The third-order valence-corrected chi connectivity index (χ3v) is 4.54. The van der Waals surface area contributed by atoms with Crippen molar-refractivity contribution in [1.82, 2.24) is 5.73 Å². The molecule has 1 radical (unpaired) electrons. The Bertz CT molecular complexity index is 472. The first kappa shape index (κ1) is 15.7. The molecule has 0 aliphatic rings. The number of nitrogens with one attached hydrogen (secondary N) is 1. The largest absolute Gasteiger partial charge is 0.269 e. The molecule has 1 aromatic rings. The highest BCUT2D eigenvalue weighted by Crippen LogP contribution is 2.34. The zero-order chi connectivity index (χ0) is 14.8. The van der Waals surface area contributed by atoms with Crippen molar-refractivity contribution in [3.63, 3.8) is 0 Å². The van der Waals surface area contributed by atoms with Crippen LogP contribution in [0, 0.1) is 0 Å². The summed E-state index contributed by atoms with van der Waals surface area (Å²) in [5.41, 5.74) is 10.3. The van der Waals surface area contributed by atoms with Gasteiger partial charge in [0.2, 0.25) is 0 Å². The molecule has 0 spiro atoms. The van der Waals surface area contributed by atoms with Gasteiger partial charge in [-0.05, 0) is 40.9 Å². The summed E-state index contributed by atoms with van der Waals surface area (Å²) in [4.78, 5) is 11.5. The van der Waals surface area contributed by atoms with Gasteiger partial charge in [-0.15, -0.1) is 0 Å². The van der Waals surface area contributed by atoms with E-state index >= 15 is 0 Å². The third kappa shape index (κ3) is 3.17. The molecule has 19 heavy (non-hydrogen) atoms. The Labute approximate surface area is 117 Å². The Kier molecular flexibility index (Phi) is 4.44. The van der Waals surface area contributed by atoms with Crippen molar-refractivity contribution in [3.05, 3.63) is 34.9 Å². The lowest BCUT2D eigenvalue weighted by Gasteiger charge is -2.30. The first-order valence-electron chi connectivity index (χ1n) is 7.06. The Morgan fingerprint density at radius 2 is 1.58 bits per heavy atom. The van der Waals surface area contributed by atoms with E-state index in [1.807, 2.05) is 12.1 Å². The fourth-order valence-corrected chi connectivity index (χ4v) is 2.12. The maximum atomic E-state index is 11.5. The zero-order valence-electron chi connectivity index (χ0n) is 13.1. The molecule has 0 aliphatic carbocycles. The molecule has 0 heterocycles. The van der Waals surface area contributed by atoms with E-state index in [9.17, 15) is 4.79 Å². The predicted molar refractivity (Wildman–Crippen MR) is 80.5 cm³/mol. The molecule has 0 atom stereocenters. The molecule has 0 unspecified atom stereocenters. The average molecular weight is 260 g/mol. The average Bonchev–Trinajstić information content (AvgIpc) is 2.37. The van der Waals surface area contributed by atoms with E-state index in [4.69, 9.17) is 5.73 Å². The third-order valence-electron chi connectivity index (χ3n) is 4.54. The van der Waals surface area contributed by atoms with Gasteiger partial charge in [0.15, 0.2) is 0 Å². The Balaban J connectivity index is 3.47. The fourth-order valence-electron chi connectivity index (χ4n) is 2.12. The highest BCUT2D eigenvalue weighted by molar-refractivity contribution is 5.94. The standard InChI is InChI=1S/C17H26NO/c1-7-16(3,4)12-9-10-13(15(18)19)14(11-12)17(5,6)8-2/h9-11,18H,7-8H2,1-6H3. The van der Waals surface area contributed by atoms with Crippen molar-refractivity contribution in [1.29, 1.82) is 0 Å². The van der Waals surface area contributed by atoms with Crippen LogP contribution >= 0.6 is 0 Å². The van der Waals surface area contributed by atoms with Crippen molar-refractivity contribution in [2.45, 2.75) is 65.2 Å². The molecular weight excluding hydrogens is 234 g/mol. The zero-order valence-corrected chi connectivity index (χ0v) is 13.1. The minimum absolute atomic E-state index is 0.0775. The molecule has 0 fully saturated rings. The second-order valence-electron chi connectivity index (χ2n) is 6.56. The normalized spacial score (nSPS) is 12.5. The molecule has 2 heteroatoms. The van der Waals surface area contributed by atoms with Crippen LogP contribution in [0.2, 0.25) is 0 Å². The van der Waals surface area contributed by atoms with E-state index in [1.54, 1.807) is 0 Å². The van der Waals surface area contributed by atoms with Crippen LogP contribution in [0.3, 0.4) is 0 Å². The second kappa shape index (κ2) is 5.36. The Morgan fingerprint density at radius 3 is 2.00 bits per heavy atom. The lowest BCUT2D eigenvalue weighted by Crippen LogP contribution is -2.23. The summed E-state index contributed by atoms with van der Waals surface area (Å²) in [6.45, 7) is 13.0. The predicted octanol–water partition coefficient (Wildman–Crippen LogP) is 4.48.